The maximum absolute atomic E-state index is 14.0. The predicted octanol–water partition coefficient (Wildman–Crippen LogP) is 3.87. The van der Waals surface area contributed by atoms with Crippen molar-refractivity contribution < 1.29 is 22.9 Å². The minimum absolute atomic E-state index is 0.105. The van der Waals surface area contributed by atoms with E-state index in [2.05, 4.69) is 5.43 Å². The van der Waals surface area contributed by atoms with E-state index in [9.17, 15) is 28.1 Å². The van der Waals surface area contributed by atoms with Crippen LogP contribution in [0.25, 0.3) is 10.8 Å². The molecule has 1 aliphatic rings. The number of non-ortho nitro benzene ring substituents is 1. The van der Waals surface area contributed by atoms with Gasteiger partial charge >= 0.3 is 6.18 Å². The highest BCUT2D eigenvalue weighted by molar-refractivity contribution is 5.88. The molecule has 9 heteroatoms. The van der Waals surface area contributed by atoms with Gasteiger partial charge in [0.25, 0.3) is 5.69 Å². The van der Waals surface area contributed by atoms with E-state index in [0.29, 0.717) is 5.39 Å². The molecule has 1 saturated heterocycles. The fourth-order valence-corrected chi connectivity index (χ4v) is 3.33. The van der Waals surface area contributed by atoms with Crippen molar-refractivity contribution >= 4 is 22.4 Å². The number of carbonyl (C=O) groups excluding carboxylic acids is 1. The average Bonchev–Trinajstić information content (AvgIpc) is 2.78. The second-order valence-electron chi connectivity index (χ2n) is 6.85. The Bertz CT molecular complexity index is 896. The van der Waals surface area contributed by atoms with E-state index in [4.69, 9.17) is 0 Å². The third-order valence-electron chi connectivity index (χ3n) is 4.44. The maximum atomic E-state index is 14.0. The van der Waals surface area contributed by atoms with Crippen molar-refractivity contribution in [2.75, 3.05) is 0 Å². The smallest absolute Gasteiger partial charge is 0.287 e. The summed E-state index contributed by atoms with van der Waals surface area (Å²) in [5.74, 6) is -0.529. The summed E-state index contributed by atoms with van der Waals surface area (Å²) < 4.78 is 42.1. The molecular weight excluding hydrogens is 351 g/mol. The molecule has 1 aliphatic heterocycles. The Balaban J connectivity index is 2.28. The van der Waals surface area contributed by atoms with Gasteiger partial charge in [-0.3, -0.25) is 20.3 Å². The van der Waals surface area contributed by atoms with Crippen LogP contribution in [0.5, 0.6) is 0 Å². The molecule has 2 aromatic carbocycles. The average molecular weight is 367 g/mol. The Hall–Kier alpha value is -2.68. The number of rotatable bonds is 3. The molecule has 1 atom stereocenters. The lowest BCUT2D eigenvalue weighted by Crippen LogP contribution is -2.51. The molecule has 0 saturated carbocycles. The van der Waals surface area contributed by atoms with Crippen LogP contribution in [0.2, 0.25) is 0 Å². The lowest BCUT2D eigenvalue weighted by atomic mass is 9.93. The van der Waals surface area contributed by atoms with Gasteiger partial charge < -0.3 is 0 Å². The Morgan fingerprint density at radius 3 is 2.46 bits per heavy atom. The number of nitrogens with zero attached hydrogens (tertiary/aromatic N) is 2. The van der Waals surface area contributed by atoms with E-state index >= 15 is 0 Å². The number of nitro groups is 1. The Morgan fingerprint density at radius 1 is 1.27 bits per heavy atom. The number of carbonyl (C=O) groups is 1. The number of halogens is 3. The number of hydrogen-bond acceptors (Lipinski definition) is 4. The highest BCUT2D eigenvalue weighted by atomic mass is 19.4. The van der Waals surface area contributed by atoms with Crippen molar-refractivity contribution in [1.29, 1.82) is 0 Å². The topological polar surface area (TPSA) is 75.5 Å². The van der Waals surface area contributed by atoms with E-state index in [-0.39, 0.29) is 17.4 Å². The van der Waals surface area contributed by atoms with Crippen LogP contribution >= 0.6 is 0 Å². The number of hydrogen-bond donors (Lipinski definition) is 1. The van der Waals surface area contributed by atoms with Crippen molar-refractivity contribution in [3.63, 3.8) is 0 Å². The van der Waals surface area contributed by atoms with E-state index in [1.54, 1.807) is 12.1 Å². The molecule has 138 valence electrons. The van der Waals surface area contributed by atoms with Gasteiger partial charge in [-0.15, -0.1) is 0 Å². The fraction of sp³-hybridized carbons (Fsp3) is 0.353. The molecule has 0 aliphatic carbocycles. The monoisotopic (exact) mass is 367 g/mol. The van der Waals surface area contributed by atoms with Gasteiger partial charge in [0.05, 0.1) is 4.92 Å². The van der Waals surface area contributed by atoms with E-state index < -0.39 is 34.3 Å². The summed E-state index contributed by atoms with van der Waals surface area (Å²) in [7, 11) is 0. The van der Waals surface area contributed by atoms with Crippen LogP contribution in [-0.2, 0) is 4.79 Å². The molecule has 3 rings (SSSR count). The van der Waals surface area contributed by atoms with Gasteiger partial charge in [0.1, 0.15) is 0 Å². The second-order valence-corrected chi connectivity index (χ2v) is 6.85. The van der Waals surface area contributed by atoms with Gasteiger partial charge in [-0.1, -0.05) is 24.3 Å². The van der Waals surface area contributed by atoms with Crippen molar-refractivity contribution in [2.45, 2.75) is 38.0 Å². The van der Waals surface area contributed by atoms with Crippen LogP contribution in [0, 0.1) is 10.1 Å². The molecule has 0 unspecified atom stereocenters. The Morgan fingerprint density at radius 2 is 1.92 bits per heavy atom. The number of hydrazine groups is 1. The zero-order valence-electron chi connectivity index (χ0n) is 14.0. The van der Waals surface area contributed by atoms with Crippen LogP contribution in [0.15, 0.2) is 36.4 Å². The second kappa shape index (κ2) is 5.94. The SMILES string of the molecule is CC1(C)CC(=O)NN1[C@@H](c1cc([N+](=O)[O-])cc2ccccc12)C(F)(F)F. The summed E-state index contributed by atoms with van der Waals surface area (Å²) >= 11 is 0. The van der Waals surface area contributed by atoms with E-state index in [1.165, 1.54) is 32.0 Å². The molecular formula is C17H16F3N3O3. The summed E-state index contributed by atoms with van der Waals surface area (Å²) in [5, 5.41) is 12.6. The highest BCUT2D eigenvalue weighted by Crippen LogP contribution is 2.45. The first-order chi connectivity index (χ1) is 12.0. The van der Waals surface area contributed by atoms with Crippen LogP contribution in [0.3, 0.4) is 0 Å². The fourth-order valence-electron chi connectivity index (χ4n) is 3.33. The van der Waals surface area contributed by atoms with Gasteiger partial charge in [0.2, 0.25) is 5.91 Å². The van der Waals surface area contributed by atoms with Crippen LogP contribution in [-0.4, -0.2) is 27.6 Å². The first kappa shape index (κ1) is 18.1. The molecule has 2 aromatic rings. The minimum Gasteiger partial charge on any atom is -0.287 e. The summed E-state index contributed by atoms with van der Waals surface area (Å²) in [6, 6.07) is 6.12. The highest BCUT2D eigenvalue weighted by Gasteiger charge is 2.53. The van der Waals surface area contributed by atoms with Crippen LogP contribution in [0.1, 0.15) is 31.9 Å². The van der Waals surface area contributed by atoms with Gasteiger partial charge in [0.15, 0.2) is 6.04 Å². The molecule has 1 N–H and O–H groups in total. The molecule has 0 spiro atoms. The first-order valence-corrected chi connectivity index (χ1v) is 7.83. The van der Waals surface area contributed by atoms with E-state index in [0.717, 1.165) is 11.1 Å². The molecule has 1 heterocycles. The zero-order chi connectivity index (χ0) is 19.3. The molecule has 0 aromatic heterocycles. The number of nitrogens with one attached hydrogen (secondary N) is 1. The third-order valence-corrected chi connectivity index (χ3v) is 4.44. The Labute approximate surface area is 146 Å². The molecule has 26 heavy (non-hydrogen) atoms. The first-order valence-electron chi connectivity index (χ1n) is 7.83. The maximum Gasteiger partial charge on any atom is 0.409 e. The number of benzene rings is 2. The van der Waals surface area contributed by atoms with Gasteiger partial charge in [-0.25, -0.2) is 0 Å². The summed E-state index contributed by atoms with van der Waals surface area (Å²) in [6.45, 7) is 3.03. The number of fused-ring (bicyclic) bond motifs is 1. The summed E-state index contributed by atoms with van der Waals surface area (Å²) in [6.07, 6.45) is -4.86. The quantitative estimate of drug-likeness (QED) is 0.660. The van der Waals surface area contributed by atoms with Gasteiger partial charge in [0, 0.05) is 24.1 Å². The summed E-state index contributed by atoms with van der Waals surface area (Å²) in [5.41, 5.74) is 0.459. The van der Waals surface area contributed by atoms with Crippen molar-refractivity contribution in [1.82, 2.24) is 10.4 Å². The van der Waals surface area contributed by atoms with Gasteiger partial charge in [-0.05, 0) is 30.2 Å². The summed E-state index contributed by atoms with van der Waals surface area (Å²) in [4.78, 5) is 22.2. The van der Waals surface area contributed by atoms with Gasteiger partial charge in [-0.2, -0.15) is 18.2 Å². The number of alkyl halides is 3. The van der Waals surface area contributed by atoms with Crippen molar-refractivity contribution in [2.24, 2.45) is 0 Å². The minimum atomic E-state index is -4.76. The van der Waals surface area contributed by atoms with Crippen LogP contribution in [0.4, 0.5) is 18.9 Å². The molecule has 6 nitrogen and oxygen atoms in total. The normalized spacial score (nSPS) is 18.7. The van der Waals surface area contributed by atoms with Crippen LogP contribution < -0.4 is 5.43 Å². The standard InChI is InChI=1S/C17H16F3N3O3/c1-16(2)9-14(24)21-22(16)15(17(18,19)20)13-8-11(23(25)26)7-10-5-3-4-6-12(10)13/h3-8,15H,9H2,1-2H3,(H,21,24)/t15-/m0/s1. The predicted molar refractivity (Wildman–Crippen MR) is 88.1 cm³/mol. The molecule has 1 fully saturated rings. The van der Waals surface area contributed by atoms with Crippen molar-refractivity contribution in [3.05, 3.63) is 52.1 Å². The molecule has 1 amide bonds. The number of amides is 1. The Kier molecular flexibility index (Phi) is 4.14. The molecule has 0 radical (unpaired) electrons. The lowest BCUT2D eigenvalue weighted by Gasteiger charge is -2.38. The lowest BCUT2D eigenvalue weighted by molar-refractivity contribution is -0.384. The zero-order valence-corrected chi connectivity index (χ0v) is 14.0. The largest absolute Gasteiger partial charge is 0.409 e. The van der Waals surface area contributed by atoms with Crippen molar-refractivity contribution in [3.8, 4) is 0 Å². The number of nitro benzene ring substituents is 1. The third kappa shape index (κ3) is 3.10. The molecule has 0 bridgehead atoms. The van der Waals surface area contributed by atoms with E-state index in [1.807, 2.05) is 0 Å².